The summed E-state index contributed by atoms with van der Waals surface area (Å²) in [5, 5.41) is -1.08. The zero-order chi connectivity index (χ0) is 14.4. The second-order valence-corrected chi connectivity index (χ2v) is 6.68. The van der Waals surface area contributed by atoms with Gasteiger partial charge in [-0.15, -0.1) is 3.89 Å². The molecule has 0 radical (unpaired) electrons. The number of hydrogen-bond acceptors (Lipinski definition) is 6. The van der Waals surface area contributed by atoms with Gasteiger partial charge in [0.25, 0.3) is 0 Å². The fraction of sp³-hybridized carbons (Fsp3) is 0.500. The highest BCUT2D eigenvalue weighted by atomic mass is 32.3. The van der Waals surface area contributed by atoms with Crippen LogP contribution in [0.15, 0.2) is 0 Å². The maximum atomic E-state index is 12.9. The van der Waals surface area contributed by atoms with Gasteiger partial charge in [-0.3, -0.25) is 9.59 Å². The van der Waals surface area contributed by atoms with Gasteiger partial charge in [0, 0.05) is 13.0 Å². The van der Waals surface area contributed by atoms with Crippen molar-refractivity contribution in [3.8, 4) is 0 Å². The zero-order valence-electron chi connectivity index (χ0n) is 10.2. The van der Waals surface area contributed by atoms with Gasteiger partial charge >= 0.3 is 10.2 Å². The maximum Gasteiger partial charge on any atom is 0.307 e. The minimum atomic E-state index is -4.77. The van der Waals surface area contributed by atoms with Gasteiger partial charge in [-0.2, -0.15) is 12.8 Å². The van der Waals surface area contributed by atoms with Crippen LogP contribution >= 0.6 is 11.5 Å². The molecule has 0 N–H and O–H groups in total. The summed E-state index contributed by atoms with van der Waals surface area (Å²) in [4.78, 5) is 24.4. The molecule has 1 atom stereocenters. The SMILES string of the molecule is CC(=O)c1c(C)nsc1N1CC(S(=O)(=O)F)CC1=O. The van der Waals surface area contributed by atoms with Crippen LogP contribution in [-0.4, -0.2) is 36.3 Å². The van der Waals surface area contributed by atoms with Crippen LogP contribution in [-0.2, 0) is 15.0 Å². The number of aromatic nitrogens is 1. The van der Waals surface area contributed by atoms with Crippen molar-refractivity contribution in [2.24, 2.45) is 0 Å². The molecule has 0 aromatic carbocycles. The van der Waals surface area contributed by atoms with Gasteiger partial charge in [0.15, 0.2) is 5.78 Å². The third kappa shape index (κ3) is 2.52. The molecule has 1 aromatic heterocycles. The fourth-order valence-corrected chi connectivity index (χ4v) is 3.65. The Bertz CT molecular complexity index is 652. The van der Waals surface area contributed by atoms with Crippen LogP contribution in [0.25, 0.3) is 0 Å². The first-order valence-corrected chi connectivity index (χ1v) is 7.65. The molecule has 2 rings (SSSR count). The molecule has 1 aliphatic rings. The number of Topliss-reactive ketones (excluding diaryl/α,β-unsaturated/α-hetero) is 1. The smallest absolute Gasteiger partial charge is 0.300 e. The molecular formula is C10H11FN2O4S2. The zero-order valence-corrected chi connectivity index (χ0v) is 11.8. The highest BCUT2D eigenvalue weighted by Crippen LogP contribution is 2.33. The van der Waals surface area contributed by atoms with Crippen molar-refractivity contribution in [1.29, 1.82) is 0 Å². The molecule has 1 fully saturated rings. The van der Waals surface area contributed by atoms with E-state index < -0.39 is 27.8 Å². The first-order chi connectivity index (χ1) is 8.71. The number of carbonyl (C=O) groups is 2. The standard InChI is InChI=1S/C10H11FN2O4S2/c1-5-9(6(2)14)10(18-12-5)13-4-7(3-8(13)15)19(11,16)17/h7H,3-4H2,1-2H3. The molecule has 9 heteroatoms. The summed E-state index contributed by atoms with van der Waals surface area (Å²) in [6, 6.07) is 0. The lowest BCUT2D eigenvalue weighted by molar-refractivity contribution is -0.117. The molecular weight excluding hydrogens is 295 g/mol. The van der Waals surface area contributed by atoms with E-state index in [9.17, 15) is 21.9 Å². The van der Waals surface area contributed by atoms with Gasteiger partial charge < -0.3 is 4.90 Å². The highest BCUT2D eigenvalue weighted by Gasteiger charge is 2.41. The van der Waals surface area contributed by atoms with E-state index in [1.165, 1.54) is 6.92 Å². The number of hydrogen-bond donors (Lipinski definition) is 0. The second-order valence-electron chi connectivity index (χ2n) is 4.31. The van der Waals surface area contributed by atoms with Crippen LogP contribution in [0.3, 0.4) is 0 Å². The number of rotatable bonds is 3. The number of nitrogens with zero attached hydrogens (tertiary/aromatic N) is 2. The predicted octanol–water partition coefficient (Wildman–Crippen LogP) is 1.06. The van der Waals surface area contributed by atoms with Crippen LogP contribution in [0.1, 0.15) is 29.4 Å². The Kier molecular flexibility index (Phi) is 3.43. The summed E-state index contributed by atoms with van der Waals surface area (Å²) in [5.41, 5.74) is 0.766. The number of amides is 1. The Labute approximate surface area is 113 Å². The van der Waals surface area contributed by atoms with Crippen LogP contribution in [0.5, 0.6) is 0 Å². The van der Waals surface area contributed by atoms with E-state index in [2.05, 4.69) is 4.37 Å². The summed E-state index contributed by atoms with van der Waals surface area (Å²) in [6.45, 7) is 2.68. The molecule has 1 aromatic rings. The quantitative estimate of drug-likeness (QED) is 0.616. The van der Waals surface area contributed by atoms with Gasteiger partial charge in [0.1, 0.15) is 10.3 Å². The van der Waals surface area contributed by atoms with Crippen molar-refractivity contribution in [2.75, 3.05) is 11.4 Å². The van der Waals surface area contributed by atoms with Crippen LogP contribution in [0, 0.1) is 6.92 Å². The number of carbonyl (C=O) groups excluding carboxylic acids is 2. The summed E-state index contributed by atoms with van der Waals surface area (Å²) < 4.78 is 38.6. The number of halogens is 1. The summed E-state index contributed by atoms with van der Waals surface area (Å²) >= 11 is 0.935. The summed E-state index contributed by atoms with van der Waals surface area (Å²) in [7, 11) is -4.77. The topological polar surface area (TPSA) is 84.4 Å². The van der Waals surface area contributed by atoms with Crippen LogP contribution in [0.4, 0.5) is 8.89 Å². The number of ketones is 1. The molecule has 0 spiro atoms. The lowest BCUT2D eigenvalue weighted by atomic mass is 10.2. The molecule has 1 unspecified atom stereocenters. The minimum Gasteiger partial charge on any atom is -0.300 e. The highest BCUT2D eigenvalue weighted by molar-refractivity contribution is 7.87. The molecule has 104 valence electrons. The van der Waals surface area contributed by atoms with Crippen LogP contribution < -0.4 is 4.90 Å². The summed E-state index contributed by atoms with van der Waals surface area (Å²) in [5.74, 6) is -0.780. The first-order valence-electron chi connectivity index (χ1n) is 5.43. The average molecular weight is 306 g/mol. The third-order valence-corrected chi connectivity index (χ3v) is 5.00. The van der Waals surface area contributed by atoms with Crippen molar-refractivity contribution in [1.82, 2.24) is 4.37 Å². The largest absolute Gasteiger partial charge is 0.307 e. The monoisotopic (exact) mass is 306 g/mol. The van der Waals surface area contributed by atoms with Crippen molar-refractivity contribution < 1.29 is 21.9 Å². The molecule has 19 heavy (non-hydrogen) atoms. The molecule has 1 saturated heterocycles. The Hall–Kier alpha value is -1.35. The Morgan fingerprint density at radius 2 is 2.16 bits per heavy atom. The van der Waals surface area contributed by atoms with Gasteiger partial charge in [-0.05, 0) is 25.4 Å². The average Bonchev–Trinajstić information content (AvgIpc) is 2.80. The van der Waals surface area contributed by atoms with E-state index in [0.717, 1.165) is 16.4 Å². The van der Waals surface area contributed by atoms with Gasteiger partial charge in [-0.1, -0.05) is 0 Å². The predicted molar refractivity (Wildman–Crippen MR) is 67.6 cm³/mol. The van der Waals surface area contributed by atoms with E-state index >= 15 is 0 Å². The lowest BCUT2D eigenvalue weighted by Crippen LogP contribution is -2.27. The van der Waals surface area contributed by atoms with Gasteiger partial charge in [0.05, 0.1) is 11.3 Å². The lowest BCUT2D eigenvalue weighted by Gasteiger charge is -2.14. The van der Waals surface area contributed by atoms with E-state index in [4.69, 9.17) is 0 Å². The Morgan fingerprint density at radius 3 is 2.63 bits per heavy atom. The van der Waals surface area contributed by atoms with Crippen molar-refractivity contribution in [3.05, 3.63) is 11.3 Å². The van der Waals surface area contributed by atoms with E-state index in [1.54, 1.807) is 6.92 Å². The molecule has 2 heterocycles. The molecule has 0 aliphatic carbocycles. The Balaban J connectivity index is 2.39. The second kappa shape index (κ2) is 4.64. The van der Waals surface area contributed by atoms with Crippen molar-refractivity contribution in [3.63, 3.8) is 0 Å². The van der Waals surface area contributed by atoms with Crippen LogP contribution in [0.2, 0.25) is 0 Å². The maximum absolute atomic E-state index is 12.9. The molecule has 0 saturated carbocycles. The first kappa shape index (κ1) is 14.1. The van der Waals surface area contributed by atoms with E-state index in [0.29, 0.717) is 10.7 Å². The molecule has 1 amide bonds. The minimum absolute atomic E-state index is 0.263. The fourth-order valence-electron chi connectivity index (χ4n) is 2.01. The van der Waals surface area contributed by atoms with Crippen molar-refractivity contribution >= 4 is 38.4 Å². The normalized spacial score (nSPS) is 20.1. The number of anilines is 1. The van der Waals surface area contributed by atoms with E-state index in [1.807, 2.05) is 0 Å². The van der Waals surface area contributed by atoms with Gasteiger partial charge in [0.2, 0.25) is 5.91 Å². The Morgan fingerprint density at radius 1 is 1.53 bits per heavy atom. The molecule has 0 bridgehead atoms. The number of aryl methyl sites for hydroxylation is 1. The molecule has 6 nitrogen and oxygen atoms in total. The van der Waals surface area contributed by atoms with Crippen molar-refractivity contribution in [2.45, 2.75) is 25.5 Å². The molecule has 1 aliphatic heterocycles. The summed E-state index contributed by atoms with van der Waals surface area (Å²) in [6.07, 6.45) is -0.410. The third-order valence-electron chi connectivity index (χ3n) is 2.93. The van der Waals surface area contributed by atoms with Gasteiger partial charge in [-0.25, -0.2) is 0 Å². The van der Waals surface area contributed by atoms with E-state index in [-0.39, 0.29) is 17.9 Å².